The summed E-state index contributed by atoms with van der Waals surface area (Å²) in [6.07, 6.45) is 6.82. The first-order chi connectivity index (χ1) is 14.2. The average molecular weight is 395 g/mol. The van der Waals surface area contributed by atoms with Gasteiger partial charge in [0.15, 0.2) is 0 Å². The van der Waals surface area contributed by atoms with E-state index in [0.717, 1.165) is 31.5 Å². The third-order valence-electron chi connectivity index (χ3n) is 5.86. The van der Waals surface area contributed by atoms with Crippen molar-refractivity contribution in [1.82, 2.24) is 20.1 Å². The zero-order valence-corrected chi connectivity index (χ0v) is 17.1. The van der Waals surface area contributed by atoms with Gasteiger partial charge >= 0.3 is 6.03 Å². The van der Waals surface area contributed by atoms with Gasteiger partial charge < -0.3 is 19.9 Å². The molecule has 1 saturated heterocycles. The summed E-state index contributed by atoms with van der Waals surface area (Å²) >= 11 is 0. The lowest BCUT2D eigenvalue weighted by molar-refractivity contribution is 0.108. The molecule has 154 valence electrons. The van der Waals surface area contributed by atoms with Crippen LogP contribution in [0.5, 0.6) is 5.88 Å². The second kappa shape index (κ2) is 9.27. The molecule has 2 amide bonds. The molecule has 0 bridgehead atoms. The quantitative estimate of drug-likeness (QED) is 0.842. The lowest BCUT2D eigenvalue weighted by atomic mass is 10.0. The topological polar surface area (TPSA) is 57.7 Å². The van der Waals surface area contributed by atoms with Gasteiger partial charge in [-0.1, -0.05) is 36.4 Å². The summed E-state index contributed by atoms with van der Waals surface area (Å²) in [6, 6.07) is 14.2. The van der Waals surface area contributed by atoms with Crippen molar-refractivity contribution in [1.29, 1.82) is 0 Å². The second-order valence-corrected chi connectivity index (χ2v) is 8.07. The predicted molar refractivity (Wildman–Crippen MR) is 113 cm³/mol. The van der Waals surface area contributed by atoms with E-state index in [2.05, 4.69) is 34.4 Å². The minimum Gasteiger partial charge on any atom is -0.474 e. The highest BCUT2D eigenvalue weighted by molar-refractivity contribution is 5.75. The molecule has 2 aromatic rings. The van der Waals surface area contributed by atoms with E-state index in [-0.39, 0.29) is 12.1 Å². The van der Waals surface area contributed by atoms with Crippen molar-refractivity contribution in [2.75, 3.05) is 26.7 Å². The summed E-state index contributed by atoms with van der Waals surface area (Å²) in [4.78, 5) is 21.5. The number of nitrogens with one attached hydrogen (secondary N) is 1. The van der Waals surface area contributed by atoms with E-state index in [1.54, 1.807) is 6.20 Å². The summed E-state index contributed by atoms with van der Waals surface area (Å²) in [5.41, 5.74) is 2.15. The van der Waals surface area contributed by atoms with Crippen LogP contribution < -0.4 is 10.1 Å². The number of ether oxygens (including phenoxy) is 1. The number of carbonyl (C=O) groups is 1. The van der Waals surface area contributed by atoms with Crippen LogP contribution in [0.2, 0.25) is 0 Å². The molecule has 6 heteroatoms. The van der Waals surface area contributed by atoms with E-state index in [9.17, 15) is 4.79 Å². The maximum atomic E-state index is 12.9. The van der Waals surface area contributed by atoms with Gasteiger partial charge in [0.2, 0.25) is 5.88 Å². The molecule has 6 nitrogen and oxygen atoms in total. The fraction of sp³-hybridized carbons (Fsp3) is 0.478. The van der Waals surface area contributed by atoms with E-state index in [0.29, 0.717) is 25.1 Å². The molecular weight excluding hydrogens is 364 g/mol. The van der Waals surface area contributed by atoms with E-state index in [1.165, 1.54) is 18.4 Å². The molecule has 1 N–H and O–H groups in total. The van der Waals surface area contributed by atoms with Crippen molar-refractivity contribution >= 4 is 6.03 Å². The fourth-order valence-electron chi connectivity index (χ4n) is 4.16. The van der Waals surface area contributed by atoms with Gasteiger partial charge in [-0.15, -0.1) is 0 Å². The lowest BCUT2D eigenvalue weighted by Gasteiger charge is -2.40. The predicted octanol–water partition coefficient (Wildman–Crippen LogP) is 3.60. The van der Waals surface area contributed by atoms with Crippen molar-refractivity contribution < 1.29 is 9.53 Å². The Balaban J connectivity index is 1.34. The number of likely N-dealkylation sites (N-methyl/N-ethyl adjacent to an activating group) is 1. The van der Waals surface area contributed by atoms with E-state index in [1.807, 2.05) is 35.2 Å². The molecule has 1 unspecified atom stereocenters. The lowest BCUT2D eigenvalue weighted by Crippen LogP contribution is -2.52. The number of rotatable bonds is 5. The Labute approximate surface area is 172 Å². The van der Waals surface area contributed by atoms with Gasteiger partial charge in [-0.25, -0.2) is 9.78 Å². The molecule has 1 aromatic carbocycles. The molecule has 29 heavy (non-hydrogen) atoms. The minimum atomic E-state index is -0.0294. The molecular formula is C23H30N4O2. The van der Waals surface area contributed by atoms with Gasteiger partial charge in [-0.3, -0.25) is 0 Å². The van der Waals surface area contributed by atoms with Gasteiger partial charge in [-0.05, 0) is 43.9 Å². The molecule has 1 aliphatic carbocycles. The summed E-state index contributed by atoms with van der Waals surface area (Å²) in [5, 5.41) is 3.06. The van der Waals surface area contributed by atoms with Gasteiger partial charge in [-0.2, -0.15) is 0 Å². The normalized spacial score (nSPS) is 20.6. The van der Waals surface area contributed by atoms with Crippen LogP contribution in [0.15, 0.2) is 48.7 Å². The maximum absolute atomic E-state index is 12.9. The van der Waals surface area contributed by atoms with Gasteiger partial charge in [0.05, 0.1) is 6.04 Å². The Morgan fingerprint density at radius 1 is 1.14 bits per heavy atom. The molecule has 1 aliphatic heterocycles. The van der Waals surface area contributed by atoms with Crippen molar-refractivity contribution in [2.45, 2.75) is 44.4 Å². The number of aromatic nitrogens is 1. The third kappa shape index (κ3) is 5.07. The highest BCUT2D eigenvalue weighted by Crippen LogP contribution is 2.25. The van der Waals surface area contributed by atoms with Crippen molar-refractivity contribution in [3.8, 4) is 5.88 Å². The highest BCUT2D eigenvalue weighted by Gasteiger charge is 2.30. The summed E-state index contributed by atoms with van der Waals surface area (Å²) in [7, 11) is 2.10. The van der Waals surface area contributed by atoms with Gasteiger partial charge in [0.25, 0.3) is 0 Å². The number of benzene rings is 1. The van der Waals surface area contributed by atoms with Crippen LogP contribution in [0.3, 0.4) is 0 Å². The molecule has 2 aliphatic rings. The third-order valence-corrected chi connectivity index (χ3v) is 5.86. The van der Waals surface area contributed by atoms with Crippen LogP contribution in [-0.4, -0.2) is 53.6 Å². The number of hydrogen-bond donors (Lipinski definition) is 1. The Morgan fingerprint density at radius 2 is 1.93 bits per heavy atom. The van der Waals surface area contributed by atoms with Crippen LogP contribution in [-0.2, 0) is 6.54 Å². The van der Waals surface area contributed by atoms with Crippen LogP contribution in [0.4, 0.5) is 4.79 Å². The number of piperazine rings is 1. The Morgan fingerprint density at radius 3 is 2.66 bits per heavy atom. The zero-order chi connectivity index (χ0) is 20.1. The van der Waals surface area contributed by atoms with Crippen LogP contribution in [0.25, 0.3) is 0 Å². The molecule has 1 atom stereocenters. The van der Waals surface area contributed by atoms with Crippen LogP contribution in [0.1, 0.15) is 42.9 Å². The molecule has 4 rings (SSSR count). The van der Waals surface area contributed by atoms with Crippen LogP contribution in [0, 0.1) is 0 Å². The first-order valence-electron chi connectivity index (χ1n) is 10.6. The monoisotopic (exact) mass is 394 g/mol. The Hall–Kier alpha value is -2.60. The number of amides is 2. The molecule has 1 saturated carbocycles. The summed E-state index contributed by atoms with van der Waals surface area (Å²) in [5.74, 6) is 0.676. The second-order valence-electron chi connectivity index (χ2n) is 8.07. The number of pyridine rings is 1. The van der Waals surface area contributed by atoms with Crippen molar-refractivity contribution in [2.24, 2.45) is 0 Å². The van der Waals surface area contributed by atoms with Crippen molar-refractivity contribution in [3.05, 3.63) is 59.8 Å². The number of nitrogens with zero attached hydrogens (tertiary/aromatic N) is 3. The smallest absolute Gasteiger partial charge is 0.318 e. The zero-order valence-electron chi connectivity index (χ0n) is 17.1. The minimum absolute atomic E-state index is 0.0294. The molecule has 2 heterocycles. The van der Waals surface area contributed by atoms with E-state index >= 15 is 0 Å². The first-order valence-corrected chi connectivity index (χ1v) is 10.6. The largest absolute Gasteiger partial charge is 0.474 e. The number of carbonyl (C=O) groups excluding carboxylic acids is 1. The van der Waals surface area contributed by atoms with Gasteiger partial charge in [0, 0.05) is 38.4 Å². The maximum Gasteiger partial charge on any atom is 0.318 e. The standard InChI is InChI=1S/C23H30N4O2/c1-26-13-14-27(21(17-26)19-7-3-2-4-8-19)23(28)25-16-18-11-12-22(24-15-18)29-20-9-5-6-10-20/h2-4,7-8,11-12,15,20-21H,5-6,9-10,13-14,16-17H2,1H3,(H,25,28). The molecule has 0 radical (unpaired) electrons. The van der Waals surface area contributed by atoms with E-state index in [4.69, 9.17) is 4.74 Å². The summed E-state index contributed by atoms with van der Waals surface area (Å²) in [6.45, 7) is 2.90. The van der Waals surface area contributed by atoms with E-state index < -0.39 is 0 Å². The Bertz CT molecular complexity index is 790. The number of urea groups is 1. The average Bonchev–Trinajstić information content (AvgIpc) is 3.27. The fourth-order valence-corrected chi connectivity index (χ4v) is 4.16. The molecule has 0 spiro atoms. The first kappa shape index (κ1) is 19.7. The SMILES string of the molecule is CN1CCN(C(=O)NCc2ccc(OC3CCCC3)nc2)C(c2ccccc2)C1. The van der Waals surface area contributed by atoms with Gasteiger partial charge in [0.1, 0.15) is 6.10 Å². The number of hydrogen-bond acceptors (Lipinski definition) is 4. The Kier molecular flexibility index (Phi) is 6.30. The molecule has 1 aromatic heterocycles. The highest BCUT2D eigenvalue weighted by atomic mass is 16.5. The summed E-state index contributed by atoms with van der Waals surface area (Å²) < 4.78 is 5.91. The van der Waals surface area contributed by atoms with Crippen LogP contribution >= 0.6 is 0 Å². The molecule has 2 fully saturated rings. The van der Waals surface area contributed by atoms with Crippen molar-refractivity contribution in [3.63, 3.8) is 0 Å².